The Bertz CT molecular complexity index is 1580. The molecule has 12 heteroatoms. The predicted molar refractivity (Wildman–Crippen MR) is 151 cm³/mol. The molecule has 0 unspecified atom stereocenters. The molecule has 2 heterocycles. The van der Waals surface area contributed by atoms with E-state index >= 15 is 0 Å². The Morgan fingerprint density at radius 1 is 0.949 bits per heavy atom. The zero-order valence-corrected chi connectivity index (χ0v) is 21.9. The fourth-order valence-corrected chi connectivity index (χ4v) is 5.13. The van der Waals surface area contributed by atoms with E-state index in [1.54, 1.807) is 43.6 Å². The topological polar surface area (TPSA) is 146 Å². The Hall–Kier alpha value is -4.68. The molecule has 39 heavy (non-hydrogen) atoms. The lowest BCUT2D eigenvalue weighted by atomic mass is 10.1. The molecule has 1 aromatic heterocycles. The summed E-state index contributed by atoms with van der Waals surface area (Å²) >= 11 is 0. The van der Waals surface area contributed by atoms with Gasteiger partial charge in [-0.2, -0.15) is 4.98 Å². The van der Waals surface area contributed by atoms with Crippen LogP contribution in [0, 0.1) is 0 Å². The molecule has 1 aliphatic rings. The number of hydrogen-bond donors (Lipinski definition) is 5. The summed E-state index contributed by atoms with van der Waals surface area (Å²) in [4.78, 5) is 21.7. The van der Waals surface area contributed by atoms with E-state index in [1.807, 2.05) is 30.3 Å². The van der Waals surface area contributed by atoms with Crippen LogP contribution < -0.4 is 30.7 Å². The van der Waals surface area contributed by atoms with Crippen molar-refractivity contribution < 1.29 is 17.9 Å². The maximum Gasteiger partial charge on any atom is 0.323 e. The number of rotatable bonds is 4. The average molecular weight is 546 g/mol. The third-order valence-electron chi connectivity index (χ3n) is 5.89. The van der Waals surface area contributed by atoms with Crippen molar-refractivity contribution in [1.29, 1.82) is 0 Å². The first-order valence-electron chi connectivity index (χ1n) is 12.2. The number of urea groups is 1. The van der Waals surface area contributed by atoms with Gasteiger partial charge in [-0.3, -0.25) is 0 Å². The normalized spacial score (nSPS) is 14.3. The lowest BCUT2D eigenvalue weighted by molar-refractivity contribution is 0.262. The first kappa shape index (κ1) is 25.9. The van der Waals surface area contributed by atoms with Crippen molar-refractivity contribution in [2.24, 2.45) is 0 Å². The van der Waals surface area contributed by atoms with E-state index in [1.165, 1.54) is 12.1 Å². The number of fused-ring (bicyclic) bond motifs is 4. The highest BCUT2D eigenvalue weighted by Gasteiger charge is 2.18. The lowest BCUT2D eigenvalue weighted by Gasteiger charge is -2.14. The fraction of sp³-hybridized carbons (Fsp3) is 0.148. The van der Waals surface area contributed by atoms with Crippen LogP contribution in [0.15, 0.2) is 83.9 Å². The van der Waals surface area contributed by atoms with E-state index in [9.17, 15) is 13.2 Å². The number of amides is 2. The number of carbonyl (C=O) groups is 1. The van der Waals surface area contributed by atoms with Gasteiger partial charge >= 0.3 is 6.03 Å². The highest BCUT2D eigenvalue weighted by molar-refractivity contribution is 7.89. The lowest BCUT2D eigenvalue weighted by Crippen LogP contribution is -2.26. The van der Waals surface area contributed by atoms with Gasteiger partial charge in [0, 0.05) is 41.9 Å². The minimum absolute atomic E-state index is 0.00945. The second-order valence-corrected chi connectivity index (χ2v) is 10.4. The van der Waals surface area contributed by atoms with Gasteiger partial charge in [0.2, 0.25) is 16.0 Å². The average Bonchev–Trinajstić information content (AvgIpc) is 2.93. The van der Waals surface area contributed by atoms with Crippen LogP contribution in [-0.2, 0) is 10.0 Å². The molecule has 3 aromatic carbocycles. The van der Waals surface area contributed by atoms with E-state index in [2.05, 4.69) is 36.0 Å². The van der Waals surface area contributed by atoms with Crippen LogP contribution in [0.4, 0.5) is 33.6 Å². The number of aromatic nitrogens is 2. The summed E-state index contributed by atoms with van der Waals surface area (Å²) in [6.45, 7) is 0.687. The number of nitrogens with one attached hydrogen (secondary N) is 5. The minimum atomic E-state index is -3.85. The molecule has 11 nitrogen and oxygen atoms in total. The number of sulfonamides is 1. The summed E-state index contributed by atoms with van der Waals surface area (Å²) in [5, 5.41) is 11.8. The molecule has 0 fully saturated rings. The maximum atomic E-state index is 13.0. The van der Waals surface area contributed by atoms with Crippen LogP contribution in [0.5, 0.6) is 5.75 Å². The smallest absolute Gasteiger partial charge is 0.323 e. The van der Waals surface area contributed by atoms with Gasteiger partial charge in [-0.15, -0.1) is 0 Å². The first-order valence-corrected chi connectivity index (χ1v) is 13.7. The van der Waals surface area contributed by atoms with Crippen molar-refractivity contribution in [3.8, 4) is 16.9 Å². The Morgan fingerprint density at radius 3 is 2.49 bits per heavy atom. The number of benzene rings is 3. The van der Waals surface area contributed by atoms with Gasteiger partial charge in [0.25, 0.3) is 0 Å². The molecule has 0 radical (unpaired) electrons. The quantitative estimate of drug-likeness (QED) is 0.249. The predicted octanol–water partition coefficient (Wildman–Crippen LogP) is 4.63. The molecule has 0 saturated heterocycles. The van der Waals surface area contributed by atoms with Gasteiger partial charge < -0.3 is 26.0 Å². The Morgan fingerprint density at radius 2 is 1.72 bits per heavy atom. The van der Waals surface area contributed by atoms with Crippen molar-refractivity contribution in [2.45, 2.75) is 11.3 Å². The fourth-order valence-electron chi connectivity index (χ4n) is 3.99. The van der Waals surface area contributed by atoms with E-state index < -0.39 is 16.1 Å². The van der Waals surface area contributed by atoms with Crippen LogP contribution in [0.2, 0.25) is 0 Å². The van der Waals surface area contributed by atoms with E-state index in [-0.39, 0.29) is 23.1 Å². The van der Waals surface area contributed by atoms with Gasteiger partial charge in [0.15, 0.2) is 0 Å². The number of methoxy groups -OCH3 is 1. The Labute approximate surface area is 226 Å². The molecule has 0 saturated carbocycles. The monoisotopic (exact) mass is 545 g/mol. The van der Waals surface area contributed by atoms with Crippen molar-refractivity contribution in [2.75, 3.05) is 41.5 Å². The summed E-state index contributed by atoms with van der Waals surface area (Å²) in [6, 6.07) is 20.4. The molecule has 0 atom stereocenters. The second-order valence-electron chi connectivity index (χ2n) is 8.68. The molecular formula is C27H27N7O4S. The van der Waals surface area contributed by atoms with Gasteiger partial charge in [-0.25, -0.2) is 22.9 Å². The first-order chi connectivity index (χ1) is 18.9. The highest BCUT2D eigenvalue weighted by Crippen LogP contribution is 2.30. The number of para-hydroxylation sites is 1. The van der Waals surface area contributed by atoms with Crippen LogP contribution in [0.25, 0.3) is 11.1 Å². The Kier molecular flexibility index (Phi) is 7.57. The SMILES string of the molecule is COc1ccc(-c2cnc3nc2NCCCNS(=O)(=O)c2cc(NC(=O)Nc4ccccc4)cc(c2)N3)cc1. The summed E-state index contributed by atoms with van der Waals surface area (Å²) in [6.07, 6.45) is 2.21. The van der Waals surface area contributed by atoms with E-state index in [0.29, 0.717) is 30.2 Å². The van der Waals surface area contributed by atoms with E-state index in [4.69, 9.17) is 4.74 Å². The highest BCUT2D eigenvalue weighted by atomic mass is 32.2. The summed E-state index contributed by atoms with van der Waals surface area (Å²) in [5.74, 6) is 1.59. The summed E-state index contributed by atoms with van der Waals surface area (Å²) in [5.41, 5.74) is 2.94. The summed E-state index contributed by atoms with van der Waals surface area (Å²) in [7, 11) is -2.24. The molecular weight excluding hydrogens is 518 g/mol. The third-order valence-corrected chi connectivity index (χ3v) is 7.33. The van der Waals surface area contributed by atoms with Crippen molar-refractivity contribution in [3.63, 3.8) is 0 Å². The van der Waals surface area contributed by atoms with E-state index in [0.717, 1.165) is 16.9 Å². The largest absolute Gasteiger partial charge is 0.497 e. The summed E-state index contributed by atoms with van der Waals surface area (Å²) < 4.78 is 34.0. The van der Waals surface area contributed by atoms with Crippen LogP contribution >= 0.6 is 0 Å². The number of carbonyl (C=O) groups excluding carboxylic acids is 1. The van der Waals surface area contributed by atoms with Gasteiger partial charge in [-0.1, -0.05) is 30.3 Å². The zero-order chi connectivity index (χ0) is 27.2. The van der Waals surface area contributed by atoms with Gasteiger partial charge in [0.1, 0.15) is 11.6 Å². The molecule has 5 rings (SSSR count). The Balaban J connectivity index is 1.47. The van der Waals surface area contributed by atoms with Gasteiger partial charge in [0.05, 0.1) is 12.0 Å². The standard InChI is InChI=1S/C27H27N7O4S/c1-38-22-10-8-18(9-11-22)24-17-29-26-31-20-14-21(33-27(35)32-19-6-3-2-4-7-19)16-23(15-20)39(36,37)30-13-5-12-28-25(24)34-26/h2-4,6-11,14-17,30H,5,12-13H2,1H3,(H2,32,33,35)(H2,28,29,31,34). The molecule has 0 aliphatic carbocycles. The van der Waals surface area contributed by atoms with Crippen LogP contribution in [-0.4, -0.2) is 44.6 Å². The van der Waals surface area contributed by atoms with Crippen LogP contribution in [0.1, 0.15) is 6.42 Å². The zero-order valence-electron chi connectivity index (χ0n) is 21.1. The van der Waals surface area contributed by atoms with Crippen molar-refractivity contribution in [1.82, 2.24) is 14.7 Å². The van der Waals surface area contributed by atoms with Crippen molar-refractivity contribution in [3.05, 3.63) is 79.0 Å². The number of hydrogen-bond acceptors (Lipinski definition) is 8. The minimum Gasteiger partial charge on any atom is -0.497 e. The molecule has 0 spiro atoms. The molecule has 2 amide bonds. The molecule has 4 aromatic rings. The molecule has 200 valence electrons. The van der Waals surface area contributed by atoms with Crippen LogP contribution in [0.3, 0.4) is 0 Å². The number of anilines is 5. The second kappa shape index (κ2) is 11.4. The molecule has 1 aliphatic heterocycles. The van der Waals surface area contributed by atoms with Crippen molar-refractivity contribution >= 4 is 44.9 Å². The number of nitrogens with zero attached hydrogens (tertiary/aromatic N) is 2. The molecule has 4 bridgehead atoms. The third kappa shape index (κ3) is 6.43. The maximum absolute atomic E-state index is 13.0. The van der Waals surface area contributed by atoms with Gasteiger partial charge in [-0.05, 0) is 54.4 Å². The number of ether oxygens (including phenoxy) is 1. The molecule has 5 N–H and O–H groups in total.